The number of amides is 3. The highest BCUT2D eigenvalue weighted by Crippen LogP contribution is 2.19. The molecule has 1 unspecified atom stereocenters. The number of rotatable bonds is 5. The van der Waals surface area contributed by atoms with E-state index in [9.17, 15) is 9.59 Å². The molecule has 0 bridgehead atoms. The fourth-order valence-electron chi connectivity index (χ4n) is 1.44. The quantitative estimate of drug-likeness (QED) is 0.727. The number of hydrogen-bond donors (Lipinski definition) is 3. The van der Waals surface area contributed by atoms with Crippen molar-refractivity contribution < 1.29 is 14.3 Å². The van der Waals surface area contributed by atoms with Crippen LogP contribution in [0.5, 0.6) is 5.75 Å². The van der Waals surface area contributed by atoms with Crippen molar-refractivity contribution in [3.05, 3.63) is 24.3 Å². The molecule has 1 aromatic carbocycles. The average molecular weight is 297 g/mol. The fourth-order valence-corrected chi connectivity index (χ4v) is 1.58. The Morgan fingerprint density at radius 1 is 1.40 bits per heavy atom. The lowest BCUT2D eigenvalue weighted by Crippen LogP contribution is -2.33. The molecule has 0 aliphatic heterocycles. The van der Waals surface area contributed by atoms with Crippen LogP contribution in [0, 0.1) is 0 Å². The van der Waals surface area contributed by atoms with Gasteiger partial charge in [0.25, 0.3) is 5.91 Å². The molecule has 20 heavy (non-hydrogen) atoms. The van der Waals surface area contributed by atoms with E-state index >= 15 is 0 Å². The lowest BCUT2D eigenvalue weighted by atomic mass is 10.2. The zero-order valence-corrected chi connectivity index (χ0v) is 12.6. The predicted molar refractivity (Wildman–Crippen MR) is 81.0 cm³/mol. The first kappa shape index (κ1) is 16.2. The lowest BCUT2D eigenvalue weighted by molar-refractivity contribution is -0.126. The normalized spacial score (nSPS) is 11.4. The van der Waals surface area contributed by atoms with Gasteiger partial charge in [0, 0.05) is 25.8 Å². The van der Waals surface area contributed by atoms with E-state index in [0.29, 0.717) is 17.9 Å². The van der Waals surface area contributed by atoms with Crippen LogP contribution in [-0.4, -0.2) is 37.0 Å². The largest absolute Gasteiger partial charge is 0.481 e. The van der Waals surface area contributed by atoms with Crippen molar-refractivity contribution >= 4 is 30.4 Å². The van der Waals surface area contributed by atoms with Gasteiger partial charge < -0.3 is 15.0 Å². The van der Waals surface area contributed by atoms with E-state index in [1.165, 1.54) is 4.90 Å². The first-order chi connectivity index (χ1) is 9.47. The standard InChI is InChI=1S/C13H19N3O3S/c1-4-11(12(17)15-20)19-10-7-5-6-9(8-10)14-13(18)16(2)3/h5-8,11,20H,4H2,1-3H3,(H,14,18)(H,15,17). The van der Waals surface area contributed by atoms with Gasteiger partial charge in [-0.1, -0.05) is 25.8 Å². The fraction of sp³-hybridized carbons (Fsp3) is 0.385. The van der Waals surface area contributed by atoms with Gasteiger partial charge in [-0.25, -0.2) is 4.79 Å². The van der Waals surface area contributed by atoms with E-state index in [4.69, 9.17) is 4.74 Å². The second-order valence-corrected chi connectivity index (χ2v) is 4.57. The SMILES string of the molecule is CCC(Oc1cccc(NC(=O)N(C)C)c1)C(=O)NS. The first-order valence-corrected chi connectivity index (χ1v) is 6.61. The number of nitrogens with one attached hydrogen (secondary N) is 2. The third-order valence-electron chi connectivity index (χ3n) is 2.54. The molecule has 6 nitrogen and oxygen atoms in total. The van der Waals surface area contributed by atoms with Gasteiger partial charge in [-0.05, 0) is 18.6 Å². The molecule has 0 aliphatic carbocycles. The predicted octanol–water partition coefficient (Wildman–Crippen LogP) is 1.90. The molecule has 0 heterocycles. The second kappa shape index (κ2) is 7.64. The Bertz CT molecular complexity index is 480. The Kier molecular flexibility index (Phi) is 6.17. The summed E-state index contributed by atoms with van der Waals surface area (Å²) in [7, 11) is 3.31. The molecule has 0 saturated carbocycles. The van der Waals surface area contributed by atoms with E-state index in [2.05, 4.69) is 22.9 Å². The van der Waals surface area contributed by atoms with Gasteiger partial charge in [0.2, 0.25) is 0 Å². The number of carbonyl (C=O) groups excluding carboxylic acids is 2. The number of carbonyl (C=O) groups is 2. The van der Waals surface area contributed by atoms with Crippen molar-refractivity contribution in [2.45, 2.75) is 19.4 Å². The van der Waals surface area contributed by atoms with Gasteiger partial charge in [0.05, 0.1) is 0 Å². The molecule has 0 fully saturated rings. The molecule has 2 N–H and O–H groups in total. The molecule has 0 radical (unpaired) electrons. The Morgan fingerprint density at radius 2 is 2.10 bits per heavy atom. The van der Waals surface area contributed by atoms with Crippen molar-refractivity contribution in [3.8, 4) is 5.75 Å². The number of thiol groups is 1. The Morgan fingerprint density at radius 3 is 2.65 bits per heavy atom. The number of nitrogens with zero attached hydrogens (tertiary/aromatic N) is 1. The molecule has 7 heteroatoms. The minimum absolute atomic E-state index is 0.234. The number of hydrogen-bond acceptors (Lipinski definition) is 4. The number of urea groups is 1. The van der Waals surface area contributed by atoms with Gasteiger partial charge in [-0.3, -0.25) is 9.52 Å². The zero-order valence-electron chi connectivity index (χ0n) is 11.7. The summed E-state index contributed by atoms with van der Waals surface area (Å²) in [5.74, 6) is 0.198. The molecule has 0 aliphatic rings. The average Bonchev–Trinajstić information content (AvgIpc) is 2.44. The third-order valence-corrected chi connectivity index (χ3v) is 2.76. The van der Waals surface area contributed by atoms with Crippen molar-refractivity contribution in [2.24, 2.45) is 0 Å². The van der Waals surface area contributed by atoms with Gasteiger partial charge in [-0.2, -0.15) is 0 Å². The van der Waals surface area contributed by atoms with Crippen molar-refractivity contribution in [1.29, 1.82) is 0 Å². The summed E-state index contributed by atoms with van der Waals surface area (Å²) in [5.41, 5.74) is 0.599. The molecule has 110 valence electrons. The van der Waals surface area contributed by atoms with Gasteiger partial charge >= 0.3 is 6.03 Å². The summed E-state index contributed by atoms with van der Waals surface area (Å²) in [4.78, 5) is 24.5. The molecule has 3 amide bonds. The summed E-state index contributed by atoms with van der Waals surface area (Å²) in [6, 6.07) is 6.64. The molecule has 1 atom stereocenters. The molecule has 0 aromatic heterocycles. The lowest BCUT2D eigenvalue weighted by Gasteiger charge is -2.17. The van der Waals surface area contributed by atoms with E-state index in [1.807, 2.05) is 6.92 Å². The molecular formula is C13H19N3O3S. The summed E-state index contributed by atoms with van der Waals surface area (Å²) in [5, 5.41) is 2.71. The smallest absolute Gasteiger partial charge is 0.321 e. The van der Waals surface area contributed by atoms with Crippen LogP contribution in [0.15, 0.2) is 24.3 Å². The highest BCUT2D eigenvalue weighted by Gasteiger charge is 2.17. The first-order valence-electron chi connectivity index (χ1n) is 6.17. The van der Waals surface area contributed by atoms with Gasteiger partial charge in [0.15, 0.2) is 6.10 Å². The summed E-state index contributed by atoms with van der Waals surface area (Å²) >= 11 is 3.72. The van der Waals surface area contributed by atoms with Crippen molar-refractivity contribution in [3.63, 3.8) is 0 Å². The summed E-state index contributed by atoms with van der Waals surface area (Å²) in [6.07, 6.45) is -0.104. The maximum atomic E-state index is 11.6. The van der Waals surface area contributed by atoms with Gasteiger partial charge in [-0.15, -0.1) is 0 Å². The second-order valence-electron chi connectivity index (χ2n) is 4.34. The van der Waals surface area contributed by atoms with Gasteiger partial charge in [0.1, 0.15) is 5.75 Å². The Hall–Kier alpha value is -1.89. The molecule has 1 rings (SSSR count). The van der Waals surface area contributed by atoms with Crippen LogP contribution in [0.3, 0.4) is 0 Å². The highest BCUT2D eigenvalue weighted by atomic mass is 32.1. The van der Waals surface area contributed by atoms with Crippen LogP contribution in [0.4, 0.5) is 10.5 Å². The van der Waals surface area contributed by atoms with E-state index < -0.39 is 6.10 Å². The van der Waals surface area contributed by atoms with Crippen molar-refractivity contribution in [2.75, 3.05) is 19.4 Å². The monoisotopic (exact) mass is 297 g/mol. The Labute approximate surface area is 124 Å². The van der Waals surface area contributed by atoms with Crippen LogP contribution < -0.4 is 14.8 Å². The van der Waals surface area contributed by atoms with E-state index in [0.717, 1.165) is 0 Å². The molecular weight excluding hydrogens is 278 g/mol. The summed E-state index contributed by atoms with van der Waals surface area (Å²) < 4.78 is 7.83. The van der Waals surface area contributed by atoms with Crippen LogP contribution in [-0.2, 0) is 4.79 Å². The van der Waals surface area contributed by atoms with Crippen LogP contribution in [0.1, 0.15) is 13.3 Å². The minimum Gasteiger partial charge on any atom is -0.481 e. The highest BCUT2D eigenvalue weighted by molar-refractivity contribution is 7.78. The Balaban J connectivity index is 2.77. The topological polar surface area (TPSA) is 70.7 Å². The number of anilines is 1. The van der Waals surface area contributed by atoms with Crippen LogP contribution in [0.25, 0.3) is 0 Å². The molecule has 0 spiro atoms. The third kappa shape index (κ3) is 4.65. The zero-order chi connectivity index (χ0) is 15.1. The van der Waals surface area contributed by atoms with Crippen LogP contribution >= 0.6 is 12.8 Å². The number of benzene rings is 1. The molecule has 1 aromatic rings. The number of ether oxygens (including phenoxy) is 1. The maximum absolute atomic E-state index is 11.6. The summed E-state index contributed by atoms with van der Waals surface area (Å²) in [6.45, 7) is 1.84. The minimum atomic E-state index is -0.618. The van der Waals surface area contributed by atoms with Crippen molar-refractivity contribution in [1.82, 2.24) is 9.62 Å². The van der Waals surface area contributed by atoms with E-state index in [-0.39, 0.29) is 11.9 Å². The molecule has 0 saturated heterocycles. The van der Waals surface area contributed by atoms with E-state index in [1.54, 1.807) is 38.4 Å². The van der Waals surface area contributed by atoms with Crippen LogP contribution in [0.2, 0.25) is 0 Å². The maximum Gasteiger partial charge on any atom is 0.321 e.